The van der Waals surface area contributed by atoms with Crippen LogP contribution in [0.4, 0.5) is 0 Å². The molecule has 0 aliphatic carbocycles. The van der Waals surface area contributed by atoms with Gasteiger partial charge in [0.15, 0.2) is 12.4 Å². The smallest absolute Gasteiger partial charge is 0.233 e. The van der Waals surface area contributed by atoms with Crippen LogP contribution in [0, 0.1) is 6.92 Å². The van der Waals surface area contributed by atoms with Gasteiger partial charge in [0, 0.05) is 30.4 Å². The van der Waals surface area contributed by atoms with Crippen LogP contribution >= 0.6 is 0 Å². The summed E-state index contributed by atoms with van der Waals surface area (Å²) in [6.07, 6.45) is 0. The number of aryl methyl sites for hydroxylation is 1. The second-order valence-electron chi connectivity index (χ2n) is 4.50. The molecule has 2 N–H and O–H groups in total. The van der Waals surface area contributed by atoms with E-state index in [2.05, 4.69) is 34.5 Å². The average molecular weight is 250 g/mol. The fourth-order valence-corrected chi connectivity index (χ4v) is 1.43. The van der Waals surface area contributed by atoms with E-state index in [9.17, 15) is 0 Å². The normalized spacial score (nSPS) is 11.1. The second kappa shape index (κ2) is 5.68. The van der Waals surface area contributed by atoms with Crippen molar-refractivity contribution < 1.29 is 9.26 Å². The predicted octanol–water partition coefficient (Wildman–Crippen LogP) is 1.78. The Morgan fingerprint density at radius 3 is 2.94 bits per heavy atom. The molecular weight excluding hydrogens is 232 g/mol. The number of H-pyrrole nitrogens is 1. The Morgan fingerprint density at radius 2 is 2.28 bits per heavy atom. The highest BCUT2D eigenvalue weighted by Crippen LogP contribution is 2.11. The van der Waals surface area contributed by atoms with Crippen molar-refractivity contribution in [3.63, 3.8) is 0 Å². The molecule has 0 saturated carbocycles. The molecule has 2 heterocycles. The maximum absolute atomic E-state index is 5.46. The minimum atomic E-state index is 0.332. The van der Waals surface area contributed by atoms with Gasteiger partial charge in [-0.15, -0.1) is 5.10 Å². The summed E-state index contributed by atoms with van der Waals surface area (Å²) < 4.78 is 10.6. The third kappa shape index (κ3) is 3.59. The van der Waals surface area contributed by atoms with Crippen molar-refractivity contribution in [3.05, 3.63) is 29.3 Å². The zero-order valence-corrected chi connectivity index (χ0v) is 10.9. The lowest BCUT2D eigenvalue weighted by atomic mass is 10.3. The number of hydrogen-bond donors (Lipinski definition) is 2. The van der Waals surface area contributed by atoms with Crippen molar-refractivity contribution in [1.82, 2.24) is 20.7 Å². The first-order valence-corrected chi connectivity index (χ1v) is 5.96. The van der Waals surface area contributed by atoms with E-state index in [1.54, 1.807) is 0 Å². The lowest BCUT2D eigenvalue weighted by molar-refractivity contribution is 0.240. The topological polar surface area (TPSA) is 76.0 Å². The van der Waals surface area contributed by atoms with Crippen LogP contribution in [0.15, 0.2) is 16.7 Å². The monoisotopic (exact) mass is 250 g/mol. The number of aromatic amines is 1. The van der Waals surface area contributed by atoms with Gasteiger partial charge in [-0.05, 0) is 6.92 Å². The van der Waals surface area contributed by atoms with E-state index in [1.165, 1.54) is 0 Å². The third-order valence-corrected chi connectivity index (χ3v) is 2.34. The van der Waals surface area contributed by atoms with Gasteiger partial charge in [-0.1, -0.05) is 19.0 Å². The molecule has 6 heteroatoms. The van der Waals surface area contributed by atoms with Crippen LogP contribution in [0.2, 0.25) is 0 Å². The van der Waals surface area contributed by atoms with Crippen molar-refractivity contribution in [3.8, 4) is 5.88 Å². The first-order chi connectivity index (χ1) is 8.63. The van der Waals surface area contributed by atoms with Crippen LogP contribution in [0.5, 0.6) is 5.88 Å². The second-order valence-corrected chi connectivity index (χ2v) is 4.50. The van der Waals surface area contributed by atoms with Gasteiger partial charge in [0.05, 0.1) is 5.69 Å². The molecule has 0 aliphatic heterocycles. The van der Waals surface area contributed by atoms with Gasteiger partial charge < -0.3 is 14.6 Å². The van der Waals surface area contributed by atoms with Crippen molar-refractivity contribution >= 4 is 0 Å². The Balaban J connectivity index is 1.83. The van der Waals surface area contributed by atoms with E-state index >= 15 is 0 Å². The van der Waals surface area contributed by atoms with Crippen molar-refractivity contribution in [2.24, 2.45) is 0 Å². The molecule has 0 aromatic carbocycles. The summed E-state index contributed by atoms with van der Waals surface area (Å²) in [5, 5.41) is 14.0. The van der Waals surface area contributed by atoms with Gasteiger partial charge >= 0.3 is 0 Å². The van der Waals surface area contributed by atoms with E-state index in [0.717, 1.165) is 11.4 Å². The summed E-state index contributed by atoms with van der Waals surface area (Å²) in [5.74, 6) is 1.25. The van der Waals surface area contributed by atoms with Gasteiger partial charge in [-0.25, -0.2) is 0 Å². The molecule has 0 radical (unpaired) electrons. The van der Waals surface area contributed by atoms with Gasteiger partial charge in [0.2, 0.25) is 5.88 Å². The zero-order chi connectivity index (χ0) is 13.0. The van der Waals surface area contributed by atoms with Gasteiger partial charge in [0.1, 0.15) is 0 Å². The number of aromatic nitrogens is 3. The molecule has 18 heavy (non-hydrogen) atoms. The minimum Gasteiger partial charge on any atom is -0.468 e. The molecule has 0 aliphatic rings. The van der Waals surface area contributed by atoms with E-state index in [0.29, 0.717) is 30.8 Å². The Hall–Kier alpha value is -1.82. The van der Waals surface area contributed by atoms with Crippen molar-refractivity contribution in [2.45, 2.75) is 40.0 Å². The summed E-state index contributed by atoms with van der Waals surface area (Å²) in [4.78, 5) is 0. The van der Waals surface area contributed by atoms with Gasteiger partial charge in [-0.2, -0.15) is 0 Å². The number of hydrogen-bond acceptors (Lipinski definition) is 5. The van der Waals surface area contributed by atoms with Crippen LogP contribution in [0.25, 0.3) is 0 Å². The molecule has 0 bridgehead atoms. The van der Waals surface area contributed by atoms with Crippen molar-refractivity contribution in [1.29, 1.82) is 0 Å². The SMILES string of the molecule is Cc1cc(OCc2cc(CNC(C)C)no2)n[nH]1. The Kier molecular flexibility index (Phi) is 3.99. The summed E-state index contributed by atoms with van der Waals surface area (Å²) in [6, 6.07) is 4.14. The van der Waals surface area contributed by atoms with Crippen LogP contribution in [-0.2, 0) is 13.2 Å². The highest BCUT2D eigenvalue weighted by atomic mass is 16.5. The summed E-state index contributed by atoms with van der Waals surface area (Å²) >= 11 is 0. The quantitative estimate of drug-likeness (QED) is 0.817. The van der Waals surface area contributed by atoms with Crippen LogP contribution < -0.4 is 10.1 Å². The molecule has 98 valence electrons. The molecule has 0 atom stereocenters. The molecule has 2 aromatic rings. The summed E-state index contributed by atoms with van der Waals surface area (Å²) in [7, 11) is 0. The number of nitrogens with zero attached hydrogens (tertiary/aromatic N) is 2. The standard InChI is InChI=1S/C12H18N4O2/c1-8(2)13-6-10-5-11(18-16-10)7-17-12-4-9(3)14-15-12/h4-5,8,13H,6-7H2,1-3H3,(H,14,15). The molecule has 2 rings (SSSR count). The molecule has 0 unspecified atom stereocenters. The molecule has 0 amide bonds. The minimum absolute atomic E-state index is 0.332. The lowest BCUT2D eigenvalue weighted by Gasteiger charge is -2.03. The van der Waals surface area contributed by atoms with E-state index < -0.39 is 0 Å². The molecule has 6 nitrogen and oxygen atoms in total. The zero-order valence-electron chi connectivity index (χ0n) is 10.9. The molecule has 0 saturated heterocycles. The largest absolute Gasteiger partial charge is 0.468 e. The fourth-order valence-electron chi connectivity index (χ4n) is 1.43. The van der Waals surface area contributed by atoms with E-state index in [4.69, 9.17) is 9.26 Å². The van der Waals surface area contributed by atoms with Crippen LogP contribution in [-0.4, -0.2) is 21.4 Å². The summed E-state index contributed by atoms with van der Waals surface area (Å²) in [6.45, 7) is 7.12. The third-order valence-electron chi connectivity index (χ3n) is 2.34. The van der Waals surface area contributed by atoms with Gasteiger partial charge in [-0.3, -0.25) is 5.10 Å². The maximum Gasteiger partial charge on any atom is 0.233 e. The first kappa shape index (κ1) is 12.6. The number of ether oxygens (including phenoxy) is 1. The lowest BCUT2D eigenvalue weighted by Crippen LogP contribution is -2.21. The first-order valence-electron chi connectivity index (χ1n) is 5.96. The van der Waals surface area contributed by atoms with E-state index in [1.807, 2.05) is 19.1 Å². The highest BCUT2D eigenvalue weighted by Gasteiger charge is 2.06. The molecule has 0 fully saturated rings. The predicted molar refractivity (Wildman–Crippen MR) is 66.1 cm³/mol. The summed E-state index contributed by atoms with van der Waals surface area (Å²) in [5.41, 5.74) is 1.84. The Bertz CT molecular complexity index is 490. The average Bonchev–Trinajstić information content (AvgIpc) is 2.93. The fraction of sp³-hybridized carbons (Fsp3) is 0.500. The molecule has 2 aromatic heterocycles. The van der Waals surface area contributed by atoms with Crippen LogP contribution in [0.1, 0.15) is 31.0 Å². The van der Waals surface area contributed by atoms with Gasteiger partial charge in [0.25, 0.3) is 0 Å². The maximum atomic E-state index is 5.46. The Labute approximate surface area is 106 Å². The van der Waals surface area contributed by atoms with E-state index in [-0.39, 0.29) is 0 Å². The molecule has 0 spiro atoms. The molecular formula is C12H18N4O2. The number of nitrogens with one attached hydrogen (secondary N) is 2. The van der Waals surface area contributed by atoms with Crippen LogP contribution in [0.3, 0.4) is 0 Å². The highest BCUT2D eigenvalue weighted by molar-refractivity contribution is 5.13. The number of rotatable bonds is 6. The Morgan fingerprint density at radius 1 is 1.44 bits per heavy atom. The van der Waals surface area contributed by atoms with Crippen molar-refractivity contribution in [2.75, 3.05) is 0 Å².